The van der Waals surface area contributed by atoms with E-state index in [2.05, 4.69) is 16.0 Å². The lowest BCUT2D eigenvalue weighted by molar-refractivity contribution is -0.118. The van der Waals surface area contributed by atoms with Crippen molar-refractivity contribution in [3.63, 3.8) is 0 Å². The van der Waals surface area contributed by atoms with E-state index in [1.165, 1.54) is 12.1 Å². The van der Waals surface area contributed by atoms with Gasteiger partial charge in [-0.2, -0.15) is 0 Å². The molecule has 0 bridgehead atoms. The van der Waals surface area contributed by atoms with E-state index >= 15 is 0 Å². The number of hydrogen-bond acceptors (Lipinski definition) is 5. The molecule has 1 aromatic rings. The van der Waals surface area contributed by atoms with E-state index in [0.29, 0.717) is 12.1 Å². The van der Waals surface area contributed by atoms with Gasteiger partial charge in [0.25, 0.3) is 0 Å². The van der Waals surface area contributed by atoms with Crippen LogP contribution in [-0.4, -0.2) is 49.1 Å². The molecule has 0 radical (unpaired) electrons. The molecule has 1 saturated heterocycles. The molecule has 1 aliphatic heterocycles. The zero-order valence-electron chi connectivity index (χ0n) is 14.2. The van der Waals surface area contributed by atoms with Gasteiger partial charge in [0.15, 0.2) is 9.84 Å². The first-order valence-corrected chi connectivity index (χ1v) is 9.86. The lowest BCUT2D eigenvalue weighted by Gasteiger charge is -2.23. The van der Waals surface area contributed by atoms with Crippen LogP contribution in [0.15, 0.2) is 24.3 Å². The van der Waals surface area contributed by atoms with Crippen LogP contribution < -0.4 is 16.0 Å². The van der Waals surface area contributed by atoms with Crippen molar-refractivity contribution < 1.29 is 23.1 Å². The second-order valence-electron chi connectivity index (χ2n) is 6.48. The number of amides is 3. The molecule has 1 aliphatic rings. The van der Waals surface area contributed by atoms with Gasteiger partial charge in [-0.15, -0.1) is 0 Å². The molecule has 0 spiro atoms. The zero-order valence-corrected chi connectivity index (χ0v) is 15.0. The molecule has 1 heterocycles. The molecule has 2 rings (SSSR count). The van der Waals surface area contributed by atoms with Gasteiger partial charge < -0.3 is 21.1 Å². The fourth-order valence-electron chi connectivity index (χ4n) is 2.62. The minimum atomic E-state index is -3.09. The summed E-state index contributed by atoms with van der Waals surface area (Å²) in [5.74, 6) is -0.608. The molecular weight excluding hydrogens is 346 g/mol. The number of urea groups is 1. The van der Waals surface area contributed by atoms with E-state index in [4.69, 9.17) is 0 Å². The molecular formula is C16H23N3O5S. The Morgan fingerprint density at radius 1 is 1.28 bits per heavy atom. The van der Waals surface area contributed by atoms with Gasteiger partial charge in [0.2, 0.25) is 5.91 Å². The van der Waals surface area contributed by atoms with Crippen molar-refractivity contribution in [1.29, 1.82) is 0 Å². The standard InChI is InChI=1S/C16H23N3O5S/c1-10(2)14(15(21)17-11-4-3-5-13(20)8-11)19-16(22)18-12-6-7-25(23,24)9-12/h3-5,8,10,12,14,20H,6-7,9H2,1-2H3,(H,17,21)(H2,18,19,22)/t12?,14-/m1/s1. The van der Waals surface area contributed by atoms with Crippen LogP contribution in [0.5, 0.6) is 5.75 Å². The SMILES string of the molecule is CC(C)[C@@H](NC(=O)NC1CCS(=O)(=O)C1)C(=O)Nc1cccc(O)c1. The second kappa shape index (κ2) is 7.73. The number of rotatable bonds is 5. The maximum absolute atomic E-state index is 12.4. The average Bonchev–Trinajstić information content (AvgIpc) is 2.83. The molecule has 4 N–H and O–H groups in total. The summed E-state index contributed by atoms with van der Waals surface area (Å²) in [6.07, 6.45) is 0.373. The summed E-state index contributed by atoms with van der Waals surface area (Å²) in [6.45, 7) is 3.57. The molecule has 0 aromatic heterocycles. The normalized spacial score (nSPS) is 20.0. The van der Waals surface area contributed by atoms with Gasteiger partial charge in [-0.25, -0.2) is 13.2 Å². The van der Waals surface area contributed by atoms with Crippen LogP contribution in [0.4, 0.5) is 10.5 Å². The van der Waals surface area contributed by atoms with Gasteiger partial charge in [-0.1, -0.05) is 19.9 Å². The average molecular weight is 369 g/mol. The summed E-state index contributed by atoms with van der Waals surface area (Å²) in [5, 5.41) is 17.3. The topological polar surface area (TPSA) is 125 Å². The highest BCUT2D eigenvalue weighted by Gasteiger charge is 2.30. The van der Waals surface area contributed by atoms with Crippen molar-refractivity contribution in [1.82, 2.24) is 10.6 Å². The summed E-state index contributed by atoms with van der Waals surface area (Å²) in [5.41, 5.74) is 0.416. The van der Waals surface area contributed by atoms with Crippen LogP contribution in [0.3, 0.4) is 0 Å². The van der Waals surface area contributed by atoms with Crippen LogP contribution in [0.25, 0.3) is 0 Å². The van der Waals surface area contributed by atoms with Crippen molar-refractivity contribution in [3.05, 3.63) is 24.3 Å². The molecule has 1 unspecified atom stereocenters. The Bertz CT molecular complexity index is 748. The van der Waals surface area contributed by atoms with E-state index in [-0.39, 0.29) is 23.2 Å². The third-order valence-electron chi connectivity index (χ3n) is 3.92. The van der Waals surface area contributed by atoms with Crippen LogP contribution in [0.2, 0.25) is 0 Å². The molecule has 8 nitrogen and oxygen atoms in total. The number of anilines is 1. The predicted octanol–water partition coefficient (Wildman–Crippen LogP) is 0.842. The number of benzene rings is 1. The minimum absolute atomic E-state index is 0.0204. The van der Waals surface area contributed by atoms with Crippen molar-refractivity contribution in [3.8, 4) is 5.75 Å². The fraction of sp³-hybridized carbons (Fsp3) is 0.500. The van der Waals surface area contributed by atoms with Gasteiger partial charge in [-0.3, -0.25) is 4.79 Å². The minimum Gasteiger partial charge on any atom is -0.508 e. The zero-order chi connectivity index (χ0) is 18.6. The number of aromatic hydroxyl groups is 1. The summed E-state index contributed by atoms with van der Waals surface area (Å²) < 4.78 is 22.9. The van der Waals surface area contributed by atoms with Crippen molar-refractivity contribution in [2.75, 3.05) is 16.8 Å². The predicted molar refractivity (Wildman–Crippen MR) is 94.1 cm³/mol. The van der Waals surface area contributed by atoms with Crippen LogP contribution in [0.1, 0.15) is 20.3 Å². The highest BCUT2D eigenvalue weighted by molar-refractivity contribution is 7.91. The van der Waals surface area contributed by atoms with E-state index in [9.17, 15) is 23.1 Å². The Morgan fingerprint density at radius 3 is 2.56 bits per heavy atom. The van der Waals surface area contributed by atoms with Crippen molar-refractivity contribution >= 4 is 27.5 Å². The van der Waals surface area contributed by atoms with Gasteiger partial charge in [0.05, 0.1) is 11.5 Å². The van der Waals surface area contributed by atoms with Gasteiger partial charge in [-0.05, 0) is 24.5 Å². The summed E-state index contributed by atoms with van der Waals surface area (Å²) >= 11 is 0. The lowest BCUT2D eigenvalue weighted by Crippen LogP contribution is -2.52. The monoisotopic (exact) mass is 369 g/mol. The third-order valence-corrected chi connectivity index (χ3v) is 5.69. The molecule has 1 fully saturated rings. The Hall–Kier alpha value is -2.29. The molecule has 1 aromatic carbocycles. The first-order valence-electron chi connectivity index (χ1n) is 8.03. The number of carbonyl (C=O) groups is 2. The van der Waals surface area contributed by atoms with E-state index in [0.717, 1.165) is 0 Å². The third kappa shape index (κ3) is 5.63. The Balaban J connectivity index is 1.95. The van der Waals surface area contributed by atoms with Crippen LogP contribution in [-0.2, 0) is 14.6 Å². The Morgan fingerprint density at radius 2 is 2.00 bits per heavy atom. The first kappa shape index (κ1) is 19.0. The number of sulfone groups is 1. The van der Waals surface area contributed by atoms with E-state index < -0.39 is 33.9 Å². The fourth-order valence-corrected chi connectivity index (χ4v) is 4.29. The van der Waals surface area contributed by atoms with Gasteiger partial charge >= 0.3 is 6.03 Å². The van der Waals surface area contributed by atoms with E-state index in [1.807, 2.05) is 0 Å². The number of phenolic OH excluding ortho intramolecular Hbond substituents is 1. The number of phenols is 1. The summed E-state index contributed by atoms with van der Waals surface area (Å²) in [6, 6.07) is 4.28. The Labute approximate surface area is 146 Å². The maximum atomic E-state index is 12.4. The van der Waals surface area contributed by atoms with Crippen molar-refractivity contribution in [2.45, 2.75) is 32.4 Å². The van der Waals surface area contributed by atoms with Crippen LogP contribution in [0, 0.1) is 5.92 Å². The van der Waals surface area contributed by atoms with Crippen LogP contribution >= 0.6 is 0 Å². The van der Waals surface area contributed by atoms with Gasteiger partial charge in [0.1, 0.15) is 11.8 Å². The molecule has 25 heavy (non-hydrogen) atoms. The molecule has 2 atom stereocenters. The maximum Gasteiger partial charge on any atom is 0.315 e. The Kier molecular flexibility index (Phi) is 5.89. The molecule has 0 saturated carbocycles. The van der Waals surface area contributed by atoms with Gasteiger partial charge in [0, 0.05) is 17.8 Å². The lowest BCUT2D eigenvalue weighted by atomic mass is 10.0. The second-order valence-corrected chi connectivity index (χ2v) is 8.71. The van der Waals surface area contributed by atoms with E-state index in [1.54, 1.807) is 26.0 Å². The summed E-state index contributed by atoms with van der Waals surface area (Å²) in [7, 11) is -3.09. The molecule has 0 aliphatic carbocycles. The molecule has 3 amide bonds. The molecule has 138 valence electrons. The summed E-state index contributed by atoms with van der Waals surface area (Å²) in [4.78, 5) is 24.5. The molecule has 9 heteroatoms. The van der Waals surface area contributed by atoms with Crippen molar-refractivity contribution in [2.24, 2.45) is 5.92 Å². The number of carbonyl (C=O) groups excluding carboxylic acids is 2. The first-order chi connectivity index (χ1) is 11.7. The largest absolute Gasteiger partial charge is 0.508 e. The number of hydrogen-bond donors (Lipinski definition) is 4. The highest BCUT2D eigenvalue weighted by Crippen LogP contribution is 2.16. The highest BCUT2D eigenvalue weighted by atomic mass is 32.2. The number of nitrogens with one attached hydrogen (secondary N) is 3. The quantitative estimate of drug-likeness (QED) is 0.612. The smallest absolute Gasteiger partial charge is 0.315 e.